The van der Waals surface area contributed by atoms with Crippen LogP contribution in [0, 0.1) is 6.92 Å². The number of benzene rings is 1. The lowest BCUT2D eigenvalue weighted by molar-refractivity contribution is -0.117. The fourth-order valence-electron chi connectivity index (χ4n) is 2.81. The van der Waals surface area contributed by atoms with Crippen molar-refractivity contribution in [3.05, 3.63) is 46.1 Å². The Morgan fingerprint density at radius 3 is 2.73 bits per heavy atom. The van der Waals surface area contributed by atoms with E-state index in [9.17, 15) is 9.59 Å². The number of halogens is 1. The first-order chi connectivity index (χ1) is 12.5. The summed E-state index contributed by atoms with van der Waals surface area (Å²) >= 11 is 3.36. The van der Waals surface area contributed by atoms with Gasteiger partial charge in [-0.05, 0) is 44.0 Å². The Hall–Kier alpha value is -2.19. The predicted octanol–water partition coefficient (Wildman–Crippen LogP) is 3.01. The molecule has 1 fully saturated rings. The molecule has 1 atom stereocenters. The Labute approximate surface area is 159 Å². The summed E-state index contributed by atoms with van der Waals surface area (Å²) in [6.45, 7) is 2.72. The quantitative estimate of drug-likeness (QED) is 0.774. The second kappa shape index (κ2) is 8.46. The minimum Gasteiger partial charge on any atom is -0.376 e. The minimum atomic E-state index is -0.332. The first-order valence-electron chi connectivity index (χ1n) is 8.41. The molecule has 1 saturated heterocycles. The second-order valence-electron chi connectivity index (χ2n) is 6.20. The van der Waals surface area contributed by atoms with Crippen LogP contribution in [0.1, 0.15) is 29.0 Å². The summed E-state index contributed by atoms with van der Waals surface area (Å²) in [6, 6.07) is 8.69. The Balaban J connectivity index is 1.70. The van der Waals surface area contributed by atoms with Gasteiger partial charge in [0.25, 0.3) is 5.91 Å². The number of aromatic nitrogens is 1. The van der Waals surface area contributed by atoms with Crippen LogP contribution in [0.15, 0.2) is 39.3 Å². The average molecular weight is 422 g/mol. The lowest BCUT2D eigenvalue weighted by Crippen LogP contribution is -2.42. The van der Waals surface area contributed by atoms with Crippen LogP contribution < -0.4 is 5.32 Å². The van der Waals surface area contributed by atoms with Crippen LogP contribution in [-0.4, -0.2) is 47.7 Å². The van der Waals surface area contributed by atoms with Crippen molar-refractivity contribution in [1.29, 1.82) is 0 Å². The number of carbonyl (C=O) groups excluding carboxylic acids is 2. The van der Waals surface area contributed by atoms with Crippen LogP contribution in [0.3, 0.4) is 0 Å². The van der Waals surface area contributed by atoms with Gasteiger partial charge in [-0.15, -0.1) is 0 Å². The van der Waals surface area contributed by atoms with Gasteiger partial charge in [-0.1, -0.05) is 21.1 Å². The maximum atomic E-state index is 12.9. The summed E-state index contributed by atoms with van der Waals surface area (Å²) < 4.78 is 11.5. The smallest absolute Gasteiger partial charge is 0.254 e. The van der Waals surface area contributed by atoms with E-state index in [1.165, 1.54) is 4.90 Å². The van der Waals surface area contributed by atoms with Crippen LogP contribution in [0.25, 0.3) is 0 Å². The van der Waals surface area contributed by atoms with Gasteiger partial charge >= 0.3 is 0 Å². The normalized spacial score (nSPS) is 16.5. The molecule has 1 unspecified atom stereocenters. The SMILES string of the molecule is Cc1cc(NC(=O)CN(CC2CCCO2)C(=O)c2ccc(Br)cc2)no1. The highest BCUT2D eigenvalue weighted by molar-refractivity contribution is 9.10. The molecule has 1 N–H and O–H groups in total. The number of hydrogen-bond acceptors (Lipinski definition) is 5. The van der Waals surface area contributed by atoms with E-state index < -0.39 is 0 Å². The lowest BCUT2D eigenvalue weighted by atomic mass is 10.1. The third-order valence-electron chi connectivity index (χ3n) is 4.06. The second-order valence-corrected chi connectivity index (χ2v) is 7.11. The summed E-state index contributed by atoms with van der Waals surface area (Å²) in [4.78, 5) is 26.8. The molecule has 1 aliphatic rings. The molecular weight excluding hydrogens is 402 g/mol. The summed E-state index contributed by atoms with van der Waals surface area (Å²) in [5, 5.41) is 6.39. The van der Waals surface area contributed by atoms with E-state index in [1.807, 2.05) is 0 Å². The van der Waals surface area contributed by atoms with Crippen molar-refractivity contribution in [2.45, 2.75) is 25.9 Å². The monoisotopic (exact) mass is 421 g/mol. The van der Waals surface area contributed by atoms with Crippen molar-refractivity contribution in [3.63, 3.8) is 0 Å². The summed E-state index contributed by atoms with van der Waals surface area (Å²) in [7, 11) is 0. The number of hydrogen-bond donors (Lipinski definition) is 1. The molecule has 2 heterocycles. The molecule has 1 aromatic heterocycles. The van der Waals surface area contributed by atoms with Crippen LogP contribution >= 0.6 is 15.9 Å². The van der Waals surface area contributed by atoms with E-state index in [4.69, 9.17) is 9.26 Å². The van der Waals surface area contributed by atoms with Crippen molar-refractivity contribution in [3.8, 4) is 0 Å². The van der Waals surface area contributed by atoms with E-state index >= 15 is 0 Å². The molecule has 7 nitrogen and oxygen atoms in total. The average Bonchev–Trinajstić information content (AvgIpc) is 3.26. The van der Waals surface area contributed by atoms with E-state index in [0.29, 0.717) is 30.3 Å². The molecule has 0 saturated carbocycles. The van der Waals surface area contributed by atoms with Gasteiger partial charge in [-0.3, -0.25) is 9.59 Å². The maximum Gasteiger partial charge on any atom is 0.254 e. The first-order valence-corrected chi connectivity index (χ1v) is 9.20. The van der Waals surface area contributed by atoms with E-state index in [2.05, 4.69) is 26.4 Å². The Kier molecular flexibility index (Phi) is 6.05. The number of aryl methyl sites for hydroxylation is 1. The predicted molar refractivity (Wildman–Crippen MR) is 98.9 cm³/mol. The van der Waals surface area contributed by atoms with E-state index in [0.717, 1.165) is 17.3 Å². The highest BCUT2D eigenvalue weighted by atomic mass is 79.9. The summed E-state index contributed by atoms with van der Waals surface area (Å²) in [5.74, 6) is 0.393. The van der Waals surface area contributed by atoms with Crippen molar-refractivity contribution >= 4 is 33.6 Å². The Bertz CT molecular complexity index is 769. The van der Waals surface area contributed by atoms with Gasteiger partial charge < -0.3 is 19.5 Å². The number of rotatable bonds is 6. The van der Waals surface area contributed by atoms with Crippen molar-refractivity contribution in [2.24, 2.45) is 0 Å². The number of anilines is 1. The molecule has 1 aromatic carbocycles. The molecule has 0 radical (unpaired) electrons. The lowest BCUT2D eigenvalue weighted by Gasteiger charge is -2.25. The van der Waals surface area contributed by atoms with E-state index in [-0.39, 0.29) is 24.5 Å². The molecule has 0 bridgehead atoms. The van der Waals surface area contributed by atoms with Crippen LogP contribution in [-0.2, 0) is 9.53 Å². The molecule has 26 heavy (non-hydrogen) atoms. The fraction of sp³-hybridized carbons (Fsp3) is 0.389. The molecule has 3 rings (SSSR count). The third-order valence-corrected chi connectivity index (χ3v) is 4.58. The highest BCUT2D eigenvalue weighted by Gasteiger charge is 2.25. The van der Waals surface area contributed by atoms with Gasteiger partial charge in [0, 0.05) is 29.3 Å². The zero-order valence-corrected chi connectivity index (χ0v) is 16.0. The van der Waals surface area contributed by atoms with Crippen molar-refractivity contribution in [2.75, 3.05) is 25.0 Å². The molecular formula is C18H20BrN3O4. The van der Waals surface area contributed by atoms with E-state index in [1.54, 1.807) is 37.3 Å². The Morgan fingerprint density at radius 1 is 1.35 bits per heavy atom. The zero-order chi connectivity index (χ0) is 18.5. The standard InChI is InChI=1S/C18H20BrN3O4/c1-12-9-16(21-26-12)20-17(23)11-22(10-15-3-2-8-25-15)18(24)13-4-6-14(19)7-5-13/h4-7,9,15H,2-3,8,10-11H2,1H3,(H,20,21,23). The van der Waals surface area contributed by atoms with Crippen LogP contribution in [0.2, 0.25) is 0 Å². The van der Waals surface area contributed by atoms with Gasteiger partial charge in [0.15, 0.2) is 5.82 Å². The molecule has 2 amide bonds. The first kappa shape index (κ1) is 18.6. The van der Waals surface area contributed by atoms with Gasteiger partial charge in [0.1, 0.15) is 12.3 Å². The minimum absolute atomic E-state index is 0.0449. The van der Waals surface area contributed by atoms with Crippen molar-refractivity contribution < 1.29 is 18.8 Å². The molecule has 138 valence electrons. The third kappa shape index (κ3) is 4.92. The van der Waals surface area contributed by atoms with Crippen molar-refractivity contribution in [1.82, 2.24) is 10.1 Å². The molecule has 0 aliphatic carbocycles. The number of carbonyl (C=O) groups is 2. The van der Waals surface area contributed by atoms with Gasteiger partial charge in [0.05, 0.1) is 6.10 Å². The zero-order valence-electron chi connectivity index (χ0n) is 14.4. The Morgan fingerprint density at radius 2 is 2.12 bits per heavy atom. The number of nitrogens with one attached hydrogen (secondary N) is 1. The van der Waals surface area contributed by atoms with Gasteiger partial charge in [0.2, 0.25) is 5.91 Å². The maximum absolute atomic E-state index is 12.9. The van der Waals surface area contributed by atoms with Gasteiger partial charge in [-0.25, -0.2) is 0 Å². The van der Waals surface area contributed by atoms with Crippen LogP contribution in [0.4, 0.5) is 5.82 Å². The topological polar surface area (TPSA) is 84.7 Å². The van der Waals surface area contributed by atoms with Crippen LogP contribution in [0.5, 0.6) is 0 Å². The highest BCUT2D eigenvalue weighted by Crippen LogP contribution is 2.17. The fourth-order valence-corrected chi connectivity index (χ4v) is 3.07. The largest absolute Gasteiger partial charge is 0.376 e. The summed E-state index contributed by atoms with van der Waals surface area (Å²) in [5.41, 5.74) is 0.524. The molecule has 8 heteroatoms. The molecule has 1 aliphatic heterocycles. The summed E-state index contributed by atoms with van der Waals surface area (Å²) in [6.07, 6.45) is 1.81. The molecule has 2 aromatic rings. The number of ether oxygens (including phenoxy) is 1. The molecule has 0 spiro atoms. The van der Waals surface area contributed by atoms with Gasteiger partial charge in [-0.2, -0.15) is 0 Å². The number of nitrogens with zero attached hydrogens (tertiary/aromatic N) is 2. The number of amides is 2.